The van der Waals surface area contributed by atoms with Gasteiger partial charge in [0.1, 0.15) is 6.04 Å². The van der Waals surface area contributed by atoms with E-state index >= 15 is 0 Å². The standard InChI is InChI=1S/C18H27N3O2S/c1-4-14-12-16(24-13(14)2)18(23)21-7-5-6-15(21)17(22)20-10-8-19(3)9-11-20/h12,15H,4-11H2,1-3H3. The van der Waals surface area contributed by atoms with E-state index in [1.807, 2.05) is 15.9 Å². The summed E-state index contributed by atoms with van der Waals surface area (Å²) in [5.74, 6) is 0.172. The van der Waals surface area contributed by atoms with E-state index in [0.717, 1.165) is 50.3 Å². The summed E-state index contributed by atoms with van der Waals surface area (Å²) in [4.78, 5) is 33.8. The highest BCUT2D eigenvalue weighted by molar-refractivity contribution is 7.14. The van der Waals surface area contributed by atoms with Crippen LogP contribution in [0.15, 0.2) is 6.07 Å². The van der Waals surface area contributed by atoms with Crippen LogP contribution >= 0.6 is 11.3 Å². The van der Waals surface area contributed by atoms with E-state index in [9.17, 15) is 9.59 Å². The lowest BCUT2D eigenvalue weighted by Gasteiger charge is -2.35. The number of thiophene rings is 1. The average Bonchev–Trinajstić information content (AvgIpc) is 3.20. The highest BCUT2D eigenvalue weighted by Crippen LogP contribution is 2.27. The van der Waals surface area contributed by atoms with Gasteiger partial charge in [0.15, 0.2) is 0 Å². The van der Waals surface area contributed by atoms with Crippen molar-refractivity contribution in [3.63, 3.8) is 0 Å². The molecule has 1 unspecified atom stereocenters. The van der Waals surface area contributed by atoms with E-state index in [1.165, 1.54) is 10.4 Å². The van der Waals surface area contributed by atoms with Gasteiger partial charge in [-0.1, -0.05) is 6.92 Å². The van der Waals surface area contributed by atoms with Gasteiger partial charge in [-0.05, 0) is 44.9 Å². The Morgan fingerprint density at radius 3 is 2.54 bits per heavy atom. The van der Waals surface area contributed by atoms with Crippen LogP contribution in [0.3, 0.4) is 0 Å². The second-order valence-corrected chi connectivity index (χ2v) is 8.09. The molecule has 3 rings (SSSR count). The van der Waals surface area contributed by atoms with Crippen molar-refractivity contribution in [3.8, 4) is 0 Å². The van der Waals surface area contributed by atoms with Crippen molar-refractivity contribution < 1.29 is 9.59 Å². The van der Waals surface area contributed by atoms with Crippen LogP contribution in [-0.4, -0.2) is 72.3 Å². The largest absolute Gasteiger partial charge is 0.338 e. The van der Waals surface area contributed by atoms with E-state index in [2.05, 4.69) is 25.8 Å². The van der Waals surface area contributed by atoms with Crippen LogP contribution in [0.4, 0.5) is 0 Å². The van der Waals surface area contributed by atoms with E-state index < -0.39 is 0 Å². The summed E-state index contributed by atoms with van der Waals surface area (Å²) in [6, 6.07) is 1.74. The molecule has 1 aromatic rings. The molecule has 1 aromatic heterocycles. The molecule has 1 atom stereocenters. The molecule has 2 fully saturated rings. The summed E-state index contributed by atoms with van der Waals surface area (Å²) in [5.41, 5.74) is 1.24. The Morgan fingerprint density at radius 2 is 1.92 bits per heavy atom. The number of carbonyl (C=O) groups excluding carboxylic acids is 2. The molecule has 2 saturated heterocycles. The molecule has 2 aliphatic rings. The molecule has 0 saturated carbocycles. The second kappa shape index (κ2) is 7.23. The van der Waals surface area contributed by atoms with Crippen molar-refractivity contribution in [1.29, 1.82) is 0 Å². The lowest BCUT2D eigenvalue weighted by Crippen LogP contribution is -2.53. The van der Waals surface area contributed by atoms with Gasteiger partial charge >= 0.3 is 0 Å². The minimum atomic E-state index is -0.270. The fraction of sp³-hybridized carbons (Fsp3) is 0.667. The lowest BCUT2D eigenvalue weighted by atomic mass is 10.1. The van der Waals surface area contributed by atoms with Crippen LogP contribution in [0.1, 0.15) is 39.9 Å². The van der Waals surface area contributed by atoms with Crippen molar-refractivity contribution in [2.24, 2.45) is 0 Å². The highest BCUT2D eigenvalue weighted by Gasteiger charge is 2.37. The molecule has 2 aliphatic heterocycles. The molecule has 0 spiro atoms. The zero-order valence-corrected chi connectivity index (χ0v) is 15.7. The van der Waals surface area contributed by atoms with Crippen LogP contribution in [-0.2, 0) is 11.2 Å². The number of hydrogen-bond donors (Lipinski definition) is 0. The van der Waals surface area contributed by atoms with E-state index in [1.54, 1.807) is 11.3 Å². The molecule has 3 heterocycles. The molecule has 0 bridgehead atoms. The second-order valence-electron chi connectivity index (χ2n) is 6.83. The predicted octanol–water partition coefficient (Wildman–Crippen LogP) is 2.00. The Hall–Kier alpha value is -1.40. The summed E-state index contributed by atoms with van der Waals surface area (Å²) in [6.45, 7) is 8.24. The van der Waals surface area contributed by atoms with Crippen molar-refractivity contribution >= 4 is 23.2 Å². The molecule has 2 amide bonds. The normalized spacial score (nSPS) is 22.2. The van der Waals surface area contributed by atoms with Crippen molar-refractivity contribution in [2.75, 3.05) is 39.8 Å². The van der Waals surface area contributed by atoms with Crippen LogP contribution in [0.2, 0.25) is 0 Å². The maximum absolute atomic E-state index is 12.9. The number of likely N-dealkylation sites (tertiary alicyclic amines) is 1. The Kier molecular flexibility index (Phi) is 5.25. The number of likely N-dealkylation sites (N-methyl/N-ethyl adjacent to an activating group) is 1. The number of amides is 2. The Morgan fingerprint density at radius 1 is 1.21 bits per heavy atom. The third kappa shape index (κ3) is 3.35. The summed E-state index contributed by atoms with van der Waals surface area (Å²) >= 11 is 1.56. The number of hydrogen-bond acceptors (Lipinski definition) is 4. The van der Waals surface area contributed by atoms with Crippen LogP contribution in [0.5, 0.6) is 0 Å². The van der Waals surface area contributed by atoms with Gasteiger partial charge in [-0.2, -0.15) is 0 Å². The molecule has 5 nitrogen and oxygen atoms in total. The van der Waals surface area contributed by atoms with Gasteiger partial charge in [0, 0.05) is 37.6 Å². The van der Waals surface area contributed by atoms with Crippen LogP contribution < -0.4 is 0 Å². The summed E-state index contributed by atoms with van der Waals surface area (Å²) < 4.78 is 0. The molecular formula is C18H27N3O2S. The summed E-state index contributed by atoms with van der Waals surface area (Å²) in [7, 11) is 2.08. The molecule has 0 N–H and O–H groups in total. The predicted molar refractivity (Wildman–Crippen MR) is 96.6 cm³/mol. The Labute approximate surface area is 148 Å². The molecule has 0 radical (unpaired) electrons. The molecule has 6 heteroatoms. The number of carbonyl (C=O) groups is 2. The molecule has 24 heavy (non-hydrogen) atoms. The number of rotatable bonds is 3. The van der Waals surface area contributed by atoms with Gasteiger partial charge in [0.25, 0.3) is 5.91 Å². The van der Waals surface area contributed by atoms with Gasteiger partial charge in [0.2, 0.25) is 5.91 Å². The zero-order valence-electron chi connectivity index (χ0n) is 14.9. The first-order valence-corrected chi connectivity index (χ1v) is 9.70. The van der Waals surface area contributed by atoms with Crippen molar-refractivity contribution in [3.05, 3.63) is 21.4 Å². The smallest absolute Gasteiger partial charge is 0.264 e. The highest BCUT2D eigenvalue weighted by atomic mass is 32.1. The molecule has 0 aliphatic carbocycles. The van der Waals surface area contributed by atoms with Crippen LogP contribution in [0, 0.1) is 6.92 Å². The summed E-state index contributed by atoms with van der Waals surface area (Å²) in [6.07, 6.45) is 2.65. The Balaban J connectivity index is 1.72. The van der Waals surface area contributed by atoms with E-state index in [4.69, 9.17) is 0 Å². The van der Waals surface area contributed by atoms with E-state index in [0.29, 0.717) is 6.54 Å². The lowest BCUT2D eigenvalue weighted by molar-refractivity contribution is -0.136. The van der Waals surface area contributed by atoms with Gasteiger partial charge in [-0.25, -0.2) is 0 Å². The SMILES string of the molecule is CCc1cc(C(=O)N2CCCC2C(=O)N2CCN(C)CC2)sc1C. The van der Waals surface area contributed by atoms with Crippen molar-refractivity contribution in [2.45, 2.75) is 39.2 Å². The fourth-order valence-corrected chi connectivity index (χ4v) is 4.69. The third-order valence-corrected chi connectivity index (χ3v) is 6.31. The first-order chi connectivity index (χ1) is 11.5. The van der Waals surface area contributed by atoms with Gasteiger partial charge in [0.05, 0.1) is 4.88 Å². The number of aryl methyl sites for hydroxylation is 2. The first kappa shape index (κ1) is 17.4. The zero-order chi connectivity index (χ0) is 17.3. The average molecular weight is 350 g/mol. The minimum absolute atomic E-state index is 0.0350. The monoisotopic (exact) mass is 349 g/mol. The topological polar surface area (TPSA) is 43.9 Å². The number of nitrogens with zero attached hydrogens (tertiary/aromatic N) is 3. The third-order valence-electron chi connectivity index (χ3n) is 5.23. The fourth-order valence-electron chi connectivity index (χ4n) is 3.62. The van der Waals surface area contributed by atoms with Gasteiger partial charge < -0.3 is 14.7 Å². The minimum Gasteiger partial charge on any atom is -0.338 e. The molecule has 0 aromatic carbocycles. The maximum atomic E-state index is 12.9. The van der Waals surface area contributed by atoms with Gasteiger partial charge in [-0.15, -0.1) is 11.3 Å². The number of piperazine rings is 1. The quantitative estimate of drug-likeness (QED) is 0.838. The molecular weight excluding hydrogens is 322 g/mol. The van der Waals surface area contributed by atoms with Gasteiger partial charge in [-0.3, -0.25) is 9.59 Å². The Bertz CT molecular complexity index is 620. The molecule has 132 valence electrons. The maximum Gasteiger partial charge on any atom is 0.264 e. The van der Waals surface area contributed by atoms with Crippen molar-refractivity contribution in [1.82, 2.24) is 14.7 Å². The van der Waals surface area contributed by atoms with Crippen LogP contribution in [0.25, 0.3) is 0 Å². The van der Waals surface area contributed by atoms with E-state index in [-0.39, 0.29) is 17.9 Å². The summed E-state index contributed by atoms with van der Waals surface area (Å²) in [5, 5.41) is 0. The first-order valence-electron chi connectivity index (χ1n) is 8.89.